The Balaban J connectivity index is 1.42. The zero-order chi connectivity index (χ0) is 23.3. The molecule has 0 aromatic heterocycles. The fourth-order valence-corrected chi connectivity index (χ4v) is 4.72. The molecule has 5 nitrogen and oxygen atoms in total. The molecule has 3 aromatic rings. The molecule has 34 heavy (non-hydrogen) atoms. The maximum Gasteiger partial charge on any atom is 0.214 e. The lowest BCUT2D eigenvalue weighted by Gasteiger charge is -2.38. The van der Waals surface area contributed by atoms with E-state index < -0.39 is 0 Å². The molecular formula is C29H32N2O3. The summed E-state index contributed by atoms with van der Waals surface area (Å²) < 4.78 is 18.2. The molecule has 5 heteroatoms. The molecule has 2 aliphatic heterocycles. The molecular weight excluding hydrogens is 424 g/mol. The first-order valence-corrected chi connectivity index (χ1v) is 12.3. The second-order valence-corrected chi connectivity index (χ2v) is 8.84. The minimum atomic E-state index is -0.339. The van der Waals surface area contributed by atoms with Crippen LogP contribution in [-0.4, -0.2) is 24.4 Å². The molecule has 2 aliphatic rings. The third-order valence-electron chi connectivity index (χ3n) is 6.54. The SMILES string of the molecule is CCCCCCOc1ccc([C@@H]2Oc3c(OC)cccc3[C@H]3CC(c4ccccc4)=NN32)cc1. The van der Waals surface area contributed by atoms with Crippen LogP contribution in [-0.2, 0) is 0 Å². The van der Waals surface area contributed by atoms with Crippen molar-refractivity contribution in [2.45, 2.75) is 51.3 Å². The monoisotopic (exact) mass is 456 g/mol. The third-order valence-corrected chi connectivity index (χ3v) is 6.54. The van der Waals surface area contributed by atoms with E-state index in [0.29, 0.717) is 0 Å². The standard InChI is InChI=1S/C29H32N2O3/c1-3-4-5-9-19-33-23-17-15-22(16-18-23)29-31-26(20-25(30-31)21-11-7-6-8-12-21)24-13-10-14-27(32-2)28(24)34-29/h6-8,10-18,26,29H,3-5,9,19-20H2,1-2H3/t26-,29+/m1/s1. The smallest absolute Gasteiger partial charge is 0.214 e. The molecule has 2 atom stereocenters. The van der Waals surface area contributed by atoms with Crippen molar-refractivity contribution < 1.29 is 14.2 Å². The van der Waals surface area contributed by atoms with Gasteiger partial charge in [-0.25, -0.2) is 5.01 Å². The van der Waals surface area contributed by atoms with Crippen LogP contribution in [0.3, 0.4) is 0 Å². The van der Waals surface area contributed by atoms with Crippen LogP contribution in [0.2, 0.25) is 0 Å². The summed E-state index contributed by atoms with van der Waals surface area (Å²) in [6.07, 6.45) is 5.27. The minimum absolute atomic E-state index is 0.0912. The van der Waals surface area contributed by atoms with E-state index >= 15 is 0 Å². The van der Waals surface area contributed by atoms with Crippen LogP contribution in [0.5, 0.6) is 17.2 Å². The topological polar surface area (TPSA) is 43.3 Å². The largest absolute Gasteiger partial charge is 0.494 e. The maximum atomic E-state index is 6.56. The van der Waals surface area contributed by atoms with Crippen molar-refractivity contribution in [2.75, 3.05) is 13.7 Å². The number of ether oxygens (including phenoxy) is 3. The molecule has 0 unspecified atom stereocenters. The Labute approximate surface area is 202 Å². The Morgan fingerprint density at radius 3 is 2.53 bits per heavy atom. The van der Waals surface area contributed by atoms with Crippen molar-refractivity contribution in [3.05, 3.63) is 89.5 Å². The van der Waals surface area contributed by atoms with E-state index in [4.69, 9.17) is 19.3 Å². The van der Waals surface area contributed by atoms with Gasteiger partial charge in [-0.15, -0.1) is 0 Å². The van der Waals surface area contributed by atoms with E-state index in [1.165, 1.54) is 19.3 Å². The van der Waals surface area contributed by atoms with Gasteiger partial charge in [0.05, 0.1) is 25.5 Å². The number of nitrogens with zero attached hydrogens (tertiary/aromatic N) is 2. The van der Waals surface area contributed by atoms with E-state index in [2.05, 4.69) is 54.4 Å². The number of unbranched alkanes of at least 4 members (excludes halogenated alkanes) is 3. The van der Waals surface area contributed by atoms with E-state index in [1.54, 1.807) is 7.11 Å². The number of hydrogen-bond acceptors (Lipinski definition) is 5. The highest BCUT2D eigenvalue weighted by molar-refractivity contribution is 6.01. The molecule has 176 valence electrons. The fraction of sp³-hybridized carbons (Fsp3) is 0.345. The zero-order valence-electron chi connectivity index (χ0n) is 19.9. The van der Waals surface area contributed by atoms with Crippen molar-refractivity contribution in [1.82, 2.24) is 5.01 Å². The number of hydrazone groups is 1. The van der Waals surface area contributed by atoms with Crippen LogP contribution in [0.25, 0.3) is 0 Å². The highest BCUT2D eigenvalue weighted by Gasteiger charge is 2.42. The molecule has 0 saturated heterocycles. The molecule has 0 spiro atoms. The number of hydrogen-bond donors (Lipinski definition) is 0. The van der Waals surface area contributed by atoms with E-state index in [9.17, 15) is 0 Å². The summed E-state index contributed by atoms with van der Waals surface area (Å²) in [4.78, 5) is 0. The van der Waals surface area contributed by atoms with Gasteiger partial charge in [0.25, 0.3) is 0 Å². The number of para-hydroxylation sites is 1. The number of fused-ring (bicyclic) bond motifs is 3. The van der Waals surface area contributed by atoms with Crippen molar-refractivity contribution in [2.24, 2.45) is 5.10 Å². The molecule has 0 fully saturated rings. The van der Waals surface area contributed by atoms with E-state index in [0.717, 1.165) is 59.1 Å². The van der Waals surface area contributed by atoms with Crippen LogP contribution in [0.4, 0.5) is 0 Å². The summed E-state index contributed by atoms with van der Waals surface area (Å²) in [6, 6.07) is 24.8. The first-order valence-electron chi connectivity index (χ1n) is 12.3. The number of methoxy groups -OCH3 is 1. The van der Waals surface area contributed by atoms with Crippen LogP contribution in [0.1, 0.15) is 68.0 Å². The summed E-state index contributed by atoms with van der Waals surface area (Å²) in [5, 5.41) is 7.15. The van der Waals surface area contributed by atoms with Gasteiger partial charge in [-0.05, 0) is 42.3 Å². The summed E-state index contributed by atoms with van der Waals surface area (Å²) in [5.41, 5.74) is 4.36. The molecule has 5 rings (SSSR count). The van der Waals surface area contributed by atoms with Gasteiger partial charge in [-0.3, -0.25) is 0 Å². The number of rotatable bonds is 9. The van der Waals surface area contributed by atoms with Gasteiger partial charge in [0, 0.05) is 17.5 Å². The molecule has 0 aliphatic carbocycles. The average molecular weight is 457 g/mol. The lowest BCUT2D eigenvalue weighted by atomic mass is 9.95. The maximum absolute atomic E-state index is 6.56. The third kappa shape index (κ3) is 4.47. The Kier molecular flexibility index (Phi) is 6.70. The van der Waals surface area contributed by atoms with Gasteiger partial charge in [-0.2, -0.15) is 5.10 Å². The predicted octanol–water partition coefficient (Wildman–Crippen LogP) is 6.90. The van der Waals surface area contributed by atoms with Crippen molar-refractivity contribution in [3.63, 3.8) is 0 Å². The second kappa shape index (κ2) is 10.2. The Morgan fingerprint density at radius 1 is 0.941 bits per heavy atom. The Bertz CT molecular complexity index is 1130. The highest BCUT2D eigenvalue weighted by Crippen LogP contribution is 2.50. The first kappa shape index (κ1) is 22.3. The van der Waals surface area contributed by atoms with Gasteiger partial charge >= 0.3 is 0 Å². The summed E-state index contributed by atoms with van der Waals surface area (Å²) in [5.74, 6) is 2.44. The van der Waals surface area contributed by atoms with Crippen molar-refractivity contribution >= 4 is 5.71 Å². The Morgan fingerprint density at radius 2 is 1.76 bits per heavy atom. The van der Waals surface area contributed by atoms with Crippen molar-refractivity contribution in [3.8, 4) is 17.2 Å². The van der Waals surface area contributed by atoms with Crippen molar-refractivity contribution in [1.29, 1.82) is 0 Å². The normalized spacial score (nSPS) is 18.5. The summed E-state index contributed by atoms with van der Waals surface area (Å²) in [7, 11) is 1.69. The highest BCUT2D eigenvalue weighted by atomic mass is 16.5. The molecule has 0 saturated carbocycles. The lowest BCUT2D eigenvalue weighted by Crippen LogP contribution is -2.33. The van der Waals surface area contributed by atoms with E-state index in [-0.39, 0.29) is 12.3 Å². The van der Waals surface area contributed by atoms with Gasteiger partial charge in [0.1, 0.15) is 5.75 Å². The molecule has 0 amide bonds. The minimum Gasteiger partial charge on any atom is -0.494 e. The van der Waals surface area contributed by atoms with Crippen LogP contribution >= 0.6 is 0 Å². The molecule has 2 heterocycles. The summed E-state index contributed by atoms with van der Waals surface area (Å²) >= 11 is 0. The van der Waals surface area contributed by atoms with Gasteiger partial charge in [0.2, 0.25) is 6.23 Å². The molecule has 0 bridgehead atoms. The second-order valence-electron chi connectivity index (χ2n) is 8.84. The van der Waals surface area contributed by atoms with Gasteiger partial charge < -0.3 is 14.2 Å². The number of benzene rings is 3. The summed E-state index contributed by atoms with van der Waals surface area (Å²) in [6.45, 7) is 2.97. The van der Waals surface area contributed by atoms with Crippen LogP contribution in [0.15, 0.2) is 77.9 Å². The van der Waals surface area contributed by atoms with Crippen LogP contribution in [0, 0.1) is 0 Å². The molecule has 3 aromatic carbocycles. The lowest BCUT2D eigenvalue weighted by molar-refractivity contribution is -0.0209. The van der Waals surface area contributed by atoms with Crippen LogP contribution < -0.4 is 14.2 Å². The fourth-order valence-electron chi connectivity index (χ4n) is 4.72. The zero-order valence-corrected chi connectivity index (χ0v) is 19.9. The predicted molar refractivity (Wildman–Crippen MR) is 135 cm³/mol. The van der Waals surface area contributed by atoms with Gasteiger partial charge in [-0.1, -0.05) is 68.7 Å². The average Bonchev–Trinajstić information content (AvgIpc) is 3.35. The van der Waals surface area contributed by atoms with E-state index in [1.807, 2.05) is 30.3 Å². The van der Waals surface area contributed by atoms with Gasteiger partial charge in [0.15, 0.2) is 11.5 Å². The molecule has 0 N–H and O–H groups in total. The Hall–Kier alpha value is -3.47. The first-order chi connectivity index (χ1) is 16.8. The quantitative estimate of drug-likeness (QED) is 0.329. The molecule has 0 radical (unpaired) electrons.